The second-order valence-corrected chi connectivity index (χ2v) is 4.18. The normalized spacial score (nSPS) is 10.3. The van der Waals surface area contributed by atoms with Gasteiger partial charge in [-0.05, 0) is 35.7 Å². The van der Waals surface area contributed by atoms with Gasteiger partial charge < -0.3 is 10.4 Å². The van der Waals surface area contributed by atoms with E-state index < -0.39 is 5.82 Å². The number of phenolic OH excluding ortho intramolecular Hbond substituents is 1. The molecular weight excluding hydrogens is 229 g/mol. The molecule has 0 aliphatic rings. The summed E-state index contributed by atoms with van der Waals surface area (Å²) < 4.78 is 13.1. The lowest BCUT2D eigenvalue weighted by atomic mass is 10.1. The fourth-order valence-electron chi connectivity index (χ4n) is 1.93. The smallest absolute Gasteiger partial charge is 0.127 e. The van der Waals surface area contributed by atoms with Crippen molar-refractivity contribution in [2.24, 2.45) is 0 Å². The van der Waals surface area contributed by atoms with Crippen LogP contribution in [0.2, 0.25) is 0 Å². The molecule has 0 bridgehead atoms. The molecule has 3 heteroatoms. The van der Waals surface area contributed by atoms with Gasteiger partial charge in [0.15, 0.2) is 0 Å². The zero-order valence-corrected chi connectivity index (χ0v) is 10.3. The molecule has 2 N–H and O–H groups in total. The maximum Gasteiger partial charge on any atom is 0.127 e. The molecule has 0 saturated carbocycles. The van der Waals surface area contributed by atoms with Gasteiger partial charge in [-0.25, -0.2) is 4.39 Å². The van der Waals surface area contributed by atoms with Crippen LogP contribution in [0.25, 0.3) is 0 Å². The highest BCUT2D eigenvalue weighted by Crippen LogP contribution is 2.19. The van der Waals surface area contributed by atoms with Crippen LogP contribution in [-0.2, 0) is 13.0 Å². The van der Waals surface area contributed by atoms with Crippen molar-refractivity contribution in [3.63, 3.8) is 0 Å². The van der Waals surface area contributed by atoms with Crippen molar-refractivity contribution < 1.29 is 9.50 Å². The van der Waals surface area contributed by atoms with Gasteiger partial charge in [0.2, 0.25) is 0 Å². The van der Waals surface area contributed by atoms with E-state index in [1.165, 1.54) is 11.6 Å². The molecule has 0 aliphatic carbocycles. The van der Waals surface area contributed by atoms with Crippen molar-refractivity contribution in [3.05, 3.63) is 59.4 Å². The van der Waals surface area contributed by atoms with Gasteiger partial charge in [-0.15, -0.1) is 0 Å². The number of hydrogen-bond donors (Lipinski definition) is 2. The topological polar surface area (TPSA) is 32.3 Å². The molecule has 94 valence electrons. The van der Waals surface area contributed by atoms with E-state index in [1.807, 2.05) is 18.2 Å². The Morgan fingerprint density at radius 1 is 1.17 bits per heavy atom. The van der Waals surface area contributed by atoms with Crippen LogP contribution in [0.15, 0.2) is 42.5 Å². The van der Waals surface area contributed by atoms with Crippen molar-refractivity contribution >= 4 is 5.69 Å². The van der Waals surface area contributed by atoms with Gasteiger partial charge in [0.1, 0.15) is 11.6 Å². The van der Waals surface area contributed by atoms with E-state index in [1.54, 1.807) is 6.07 Å². The molecule has 0 spiro atoms. The molecular formula is C15H16FNO. The maximum atomic E-state index is 13.1. The minimum atomic E-state index is -0.421. The zero-order chi connectivity index (χ0) is 13.0. The van der Waals surface area contributed by atoms with Gasteiger partial charge >= 0.3 is 0 Å². The van der Waals surface area contributed by atoms with E-state index in [0.29, 0.717) is 6.54 Å². The van der Waals surface area contributed by atoms with Crippen molar-refractivity contribution in [3.8, 4) is 5.75 Å². The van der Waals surface area contributed by atoms with Crippen LogP contribution in [0.3, 0.4) is 0 Å². The van der Waals surface area contributed by atoms with E-state index in [9.17, 15) is 9.50 Å². The molecule has 0 aromatic heterocycles. The average Bonchev–Trinajstić information content (AvgIpc) is 2.35. The predicted octanol–water partition coefficient (Wildman–Crippen LogP) is 3.71. The Morgan fingerprint density at radius 2 is 1.94 bits per heavy atom. The predicted molar refractivity (Wildman–Crippen MR) is 71.2 cm³/mol. The molecule has 0 atom stereocenters. The lowest BCUT2D eigenvalue weighted by molar-refractivity contribution is 0.468. The van der Waals surface area contributed by atoms with Crippen molar-refractivity contribution in [2.45, 2.75) is 19.9 Å². The number of nitrogens with one attached hydrogen (secondary N) is 1. The lowest BCUT2D eigenvalue weighted by Crippen LogP contribution is -2.02. The summed E-state index contributed by atoms with van der Waals surface area (Å²) in [6, 6.07) is 12.1. The van der Waals surface area contributed by atoms with Gasteiger partial charge in [-0.2, -0.15) is 0 Å². The summed E-state index contributed by atoms with van der Waals surface area (Å²) in [7, 11) is 0. The Balaban J connectivity index is 2.11. The monoisotopic (exact) mass is 245 g/mol. The number of benzene rings is 2. The Hall–Kier alpha value is -2.03. The molecule has 0 saturated heterocycles. The quantitative estimate of drug-likeness (QED) is 0.860. The van der Waals surface area contributed by atoms with E-state index in [-0.39, 0.29) is 5.75 Å². The fraction of sp³-hybridized carbons (Fsp3) is 0.200. The SMILES string of the molecule is CCc1ccccc1NCc1cc(O)cc(F)c1. The third kappa shape index (κ3) is 3.00. The van der Waals surface area contributed by atoms with E-state index in [2.05, 4.69) is 18.3 Å². The fourth-order valence-corrected chi connectivity index (χ4v) is 1.93. The number of hydrogen-bond acceptors (Lipinski definition) is 2. The van der Waals surface area contributed by atoms with E-state index in [0.717, 1.165) is 23.7 Å². The summed E-state index contributed by atoms with van der Waals surface area (Å²) in [6.45, 7) is 2.58. The summed E-state index contributed by atoms with van der Waals surface area (Å²) in [5.41, 5.74) is 2.99. The first-order chi connectivity index (χ1) is 8.69. The molecule has 0 fully saturated rings. The second kappa shape index (κ2) is 5.54. The summed E-state index contributed by atoms with van der Waals surface area (Å²) in [4.78, 5) is 0. The Kier molecular flexibility index (Phi) is 3.82. The number of halogens is 1. The van der Waals surface area contributed by atoms with Gasteiger partial charge in [0.25, 0.3) is 0 Å². The highest BCUT2D eigenvalue weighted by Gasteiger charge is 2.02. The molecule has 2 aromatic carbocycles. The summed E-state index contributed by atoms with van der Waals surface area (Å²) >= 11 is 0. The first-order valence-corrected chi connectivity index (χ1v) is 5.99. The largest absolute Gasteiger partial charge is 0.508 e. The van der Waals surface area contributed by atoms with Crippen LogP contribution in [0.5, 0.6) is 5.75 Å². The molecule has 0 radical (unpaired) electrons. The van der Waals surface area contributed by atoms with Gasteiger partial charge in [0.05, 0.1) is 0 Å². The number of phenols is 1. The van der Waals surface area contributed by atoms with Gasteiger partial charge in [-0.1, -0.05) is 25.1 Å². The standard InChI is InChI=1S/C15H16FNO/c1-2-12-5-3-4-6-15(12)17-10-11-7-13(16)9-14(18)8-11/h3-9,17-18H,2,10H2,1H3. The highest BCUT2D eigenvalue weighted by atomic mass is 19.1. The van der Waals surface area contributed by atoms with E-state index in [4.69, 9.17) is 0 Å². The molecule has 2 aromatic rings. The first kappa shape index (κ1) is 12.4. The van der Waals surface area contributed by atoms with Crippen LogP contribution in [0.4, 0.5) is 10.1 Å². The van der Waals surface area contributed by atoms with Crippen LogP contribution in [0.1, 0.15) is 18.1 Å². The summed E-state index contributed by atoms with van der Waals surface area (Å²) in [5.74, 6) is -0.467. The minimum Gasteiger partial charge on any atom is -0.508 e. The van der Waals surface area contributed by atoms with Gasteiger partial charge in [0, 0.05) is 18.3 Å². The number of para-hydroxylation sites is 1. The summed E-state index contributed by atoms with van der Waals surface area (Å²) in [6.07, 6.45) is 0.942. The number of rotatable bonds is 4. The second-order valence-electron chi connectivity index (χ2n) is 4.18. The zero-order valence-electron chi connectivity index (χ0n) is 10.3. The Bertz CT molecular complexity index is 520. The Labute approximate surface area is 106 Å². The van der Waals surface area contributed by atoms with Crippen molar-refractivity contribution in [2.75, 3.05) is 5.32 Å². The Morgan fingerprint density at radius 3 is 2.67 bits per heavy atom. The molecule has 0 amide bonds. The third-order valence-electron chi connectivity index (χ3n) is 2.82. The van der Waals surface area contributed by atoms with Crippen LogP contribution in [0, 0.1) is 5.82 Å². The van der Waals surface area contributed by atoms with E-state index >= 15 is 0 Å². The van der Waals surface area contributed by atoms with Crippen LogP contribution >= 0.6 is 0 Å². The van der Waals surface area contributed by atoms with Crippen LogP contribution in [-0.4, -0.2) is 5.11 Å². The maximum absolute atomic E-state index is 13.1. The highest BCUT2D eigenvalue weighted by molar-refractivity contribution is 5.51. The summed E-state index contributed by atoms with van der Waals surface area (Å²) in [5, 5.41) is 12.6. The number of anilines is 1. The van der Waals surface area contributed by atoms with Crippen molar-refractivity contribution in [1.29, 1.82) is 0 Å². The van der Waals surface area contributed by atoms with Crippen LogP contribution < -0.4 is 5.32 Å². The molecule has 0 heterocycles. The molecule has 0 aliphatic heterocycles. The minimum absolute atomic E-state index is 0.0458. The molecule has 2 nitrogen and oxygen atoms in total. The van der Waals surface area contributed by atoms with Gasteiger partial charge in [-0.3, -0.25) is 0 Å². The molecule has 18 heavy (non-hydrogen) atoms. The first-order valence-electron chi connectivity index (χ1n) is 5.99. The third-order valence-corrected chi connectivity index (χ3v) is 2.82. The average molecular weight is 245 g/mol. The molecule has 2 rings (SSSR count). The number of aryl methyl sites for hydroxylation is 1. The number of aromatic hydroxyl groups is 1. The lowest BCUT2D eigenvalue weighted by Gasteiger charge is -2.11. The molecule has 0 unspecified atom stereocenters. The van der Waals surface area contributed by atoms with Crippen molar-refractivity contribution in [1.82, 2.24) is 0 Å².